The number of ether oxygens (including phenoxy) is 1. The zero-order chi connectivity index (χ0) is 15.9. The summed E-state index contributed by atoms with van der Waals surface area (Å²) in [5, 5.41) is 0.376. The summed E-state index contributed by atoms with van der Waals surface area (Å²) in [5.74, 6) is 2.55. The van der Waals surface area contributed by atoms with Crippen LogP contribution < -0.4 is 4.74 Å². The molecule has 114 valence electrons. The average molecular weight is 429 g/mol. The molecule has 1 aromatic carbocycles. The lowest BCUT2D eigenvalue weighted by Crippen LogP contribution is -2.35. The molecular formula is C17H14ClIO3. The van der Waals surface area contributed by atoms with Crippen LogP contribution in [-0.2, 0) is 9.59 Å². The van der Waals surface area contributed by atoms with E-state index in [-0.39, 0.29) is 23.4 Å². The van der Waals surface area contributed by atoms with E-state index in [0.29, 0.717) is 28.3 Å². The highest BCUT2D eigenvalue weighted by Gasteiger charge is 2.48. The second-order valence-electron chi connectivity index (χ2n) is 5.74. The van der Waals surface area contributed by atoms with Crippen LogP contribution in [0.1, 0.15) is 36.3 Å². The molecule has 0 N–H and O–H groups in total. The highest BCUT2D eigenvalue weighted by Crippen LogP contribution is 2.47. The number of halogens is 2. The zero-order valence-corrected chi connectivity index (χ0v) is 14.9. The third kappa shape index (κ3) is 2.55. The molecule has 0 radical (unpaired) electrons. The normalized spacial score (nSPS) is 26.6. The number of ketones is 2. The predicted octanol–water partition coefficient (Wildman–Crippen LogP) is 3.74. The molecular weight excluding hydrogens is 415 g/mol. The molecule has 2 atom stereocenters. The summed E-state index contributed by atoms with van der Waals surface area (Å²) in [6.07, 6.45) is 2.32. The van der Waals surface area contributed by atoms with E-state index in [1.165, 1.54) is 7.11 Å². The van der Waals surface area contributed by atoms with E-state index in [1.54, 1.807) is 12.1 Å². The molecule has 2 unspecified atom stereocenters. The zero-order valence-electron chi connectivity index (χ0n) is 12.0. The quantitative estimate of drug-likeness (QED) is 0.409. The molecule has 0 amide bonds. The first-order valence-corrected chi connectivity index (χ1v) is 8.59. The van der Waals surface area contributed by atoms with Gasteiger partial charge in [0.25, 0.3) is 0 Å². The molecule has 0 heterocycles. The Bertz CT molecular complexity index is 695. The van der Waals surface area contributed by atoms with Crippen LogP contribution >= 0.6 is 34.2 Å². The van der Waals surface area contributed by atoms with Crippen molar-refractivity contribution in [2.75, 3.05) is 7.11 Å². The van der Waals surface area contributed by atoms with Crippen molar-refractivity contribution in [1.29, 1.82) is 0 Å². The minimum Gasteiger partial charge on any atom is -0.496 e. The van der Waals surface area contributed by atoms with Crippen molar-refractivity contribution in [3.8, 4) is 15.6 Å². The number of fused-ring (bicyclic) bond motifs is 2. The van der Waals surface area contributed by atoms with Gasteiger partial charge in [-0.2, -0.15) is 0 Å². The van der Waals surface area contributed by atoms with E-state index < -0.39 is 5.92 Å². The molecule has 1 aromatic rings. The number of carbonyl (C=O) groups excluding carboxylic acids is 2. The van der Waals surface area contributed by atoms with Crippen LogP contribution in [-0.4, -0.2) is 18.7 Å². The summed E-state index contributed by atoms with van der Waals surface area (Å²) in [5.41, 5.74) is 1.22. The number of hydrogen-bond donors (Lipinski definition) is 0. The van der Waals surface area contributed by atoms with E-state index >= 15 is 0 Å². The van der Waals surface area contributed by atoms with Gasteiger partial charge >= 0.3 is 0 Å². The fourth-order valence-electron chi connectivity index (χ4n) is 3.56. The summed E-state index contributed by atoms with van der Waals surface area (Å²) in [6.45, 7) is 0. The van der Waals surface area contributed by atoms with Gasteiger partial charge in [0.15, 0.2) is 11.6 Å². The van der Waals surface area contributed by atoms with Gasteiger partial charge in [-0.3, -0.25) is 9.59 Å². The lowest BCUT2D eigenvalue weighted by molar-refractivity contribution is -0.136. The largest absolute Gasteiger partial charge is 0.496 e. The summed E-state index contributed by atoms with van der Waals surface area (Å²) < 4.78 is 8.17. The van der Waals surface area contributed by atoms with E-state index in [2.05, 4.69) is 9.85 Å². The molecule has 0 saturated heterocycles. The molecule has 3 rings (SSSR count). The average Bonchev–Trinajstić information content (AvgIpc) is 2.94. The minimum atomic E-state index is -0.782. The molecule has 0 spiro atoms. The van der Waals surface area contributed by atoms with Gasteiger partial charge in [0.2, 0.25) is 0 Å². The maximum atomic E-state index is 12.7. The maximum Gasteiger partial charge on any atom is 0.151 e. The number of hydrogen-bond acceptors (Lipinski definition) is 3. The summed E-state index contributed by atoms with van der Waals surface area (Å²) >= 11 is 8.32. The van der Waals surface area contributed by atoms with Crippen molar-refractivity contribution in [3.05, 3.63) is 28.3 Å². The molecule has 2 aliphatic carbocycles. The monoisotopic (exact) mass is 428 g/mol. The fourth-order valence-corrected chi connectivity index (χ4v) is 4.19. The van der Waals surface area contributed by atoms with Crippen molar-refractivity contribution in [2.45, 2.75) is 25.2 Å². The second kappa shape index (κ2) is 6.21. The highest BCUT2D eigenvalue weighted by atomic mass is 127. The number of carbonyl (C=O) groups is 2. The molecule has 2 aliphatic rings. The summed E-state index contributed by atoms with van der Waals surface area (Å²) in [4.78, 5) is 25.3. The van der Waals surface area contributed by atoms with E-state index in [0.717, 1.165) is 12.8 Å². The first-order chi connectivity index (χ1) is 10.6. The fraction of sp³-hybridized carbons (Fsp3) is 0.412. The van der Waals surface area contributed by atoms with Gasteiger partial charge in [-0.05, 0) is 35.3 Å². The molecule has 0 aliphatic heterocycles. The van der Waals surface area contributed by atoms with Gasteiger partial charge in [0, 0.05) is 50.6 Å². The van der Waals surface area contributed by atoms with Gasteiger partial charge in [-0.1, -0.05) is 17.5 Å². The number of methoxy groups -OCH3 is 1. The third-order valence-electron chi connectivity index (χ3n) is 4.60. The molecule has 5 heteroatoms. The molecule has 2 bridgehead atoms. The molecule has 0 aromatic heterocycles. The Morgan fingerprint density at radius 2 is 1.86 bits per heavy atom. The SMILES string of the molecule is COc1cc(C#CI)cc(Cl)c1C1C(=O)C2CCC(C2)C1=O. The third-order valence-corrected chi connectivity index (χ3v) is 5.18. The van der Waals surface area contributed by atoms with E-state index in [1.807, 2.05) is 22.6 Å². The van der Waals surface area contributed by atoms with Gasteiger partial charge in [-0.15, -0.1) is 0 Å². The Kier molecular flexibility index (Phi) is 4.47. The Morgan fingerprint density at radius 1 is 1.23 bits per heavy atom. The first kappa shape index (κ1) is 15.8. The second-order valence-corrected chi connectivity index (χ2v) is 6.68. The maximum absolute atomic E-state index is 12.7. The Labute approximate surface area is 147 Å². The van der Waals surface area contributed by atoms with E-state index in [4.69, 9.17) is 16.3 Å². The van der Waals surface area contributed by atoms with Crippen molar-refractivity contribution >= 4 is 45.8 Å². The van der Waals surface area contributed by atoms with Crippen LogP contribution in [0, 0.1) is 21.7 Å². The predicted molar refractivity (Wildman–Crippen MR) is 92.5 cm³/mol. The Balaban J connectivity index is 2.12. The molecule has 3 nitrogen and oxygen atoms in total. The van der Waals surface area contributed by atoms with Crippen LogP contribution in [0.2, 0.25) is 5.02 Å². The topological polar surface area (TPSA) is 43.4 Å². The molecule has 2 saturated carbocycles. The summed E-state index contributed by atoms with van der Waals surface area (Å²) in [6, 6.07) is 3.44. The van der Waals surface area contributed by atoms with Crippen LogP contribution in [0.5, 0.6) is 5.75 Å². The molecule has 22 heavy (non-hydrogen) atoms. The van der Waals surface area contributed by atoms with Gasteiger partial charge < -0.3 is 4.74 Å². The lowest BCUT2D eigenvalue weighted by Gasteiger charge is -2.27. The number of benzene rings is 1. The number of rotatable bonds is 2. The minimum absolute atomic E-state index is 0.00771. The van der Waals surface area contributed by atoms with Crippen molar-refractivity contribution in [2.24, 2.45) is 11.8 Å². The Morgan fingerprint density at radius 3 is 2.41 bits per heavy atom. The molecule has 2 fully saturated rings. The van der Waals surface area contributed by atoms with Crippen molar-refractivity contribution in [3.63, 3.8) is 0 Å². The van der Waals surface area contributed by atoms with Crippen molar-refractivity contribution < 1.29 is 14.3 Å². The van der Waals surface area contributed by atoms with Crippen LogP contribution in [0.15, 0.2) is 12.1 Å². The number of Topliss-reactive ketones (excluding diaryl/α,β-unsaturated/α-hetero) is 2. The lowest BCUT2D eigenvalue weighted by atomic mass is 9.75. The van der Waals surface area contributed by atoms with Gasteiger partial charge in [0.1, 0.15) is 11.7 Å². The standard InChI is InChI=1S/C17H14ClIO3/c1-22-13-7-9(4-5-19)6-12(18)14(13)15-16(20)10-2-3-11(8-10)17(15)21/h6-7,10-11,15H,2-3,8H2,1H3. The van der Waals surface area contributed by atoms with Crippen molar-refractivity contribution in [1.82, 2.24) is 0 Å². The van der Waals surface area contributed by atoms with Gasteiger partial charge in [-0.25, -0.2) is 0 Å². The van der Waals surface area contributed by atoms with E-state index in [9.17, 15) is 9.59 Å². The Hall–Kier alpha value is -1.06. The van der Waals surface area contributed by atoms with Crippen LogP contribution in [0.4, 0.5) is 0 Å². The highest BCUT2D eigenvalue weighted by molar-refractivity contribution is 14.1. The summed E-state index contributed by atoms with van der Waals surface area (Å²) in [7, 11) is 1.52. The van der Waals surface area contributed by atoms with Crippen LogP contribution in [0.3, 0.4) is 0 Å². The van der Waals surface area contributed by atoms with Gasteiger partial charge in [0.05, 0.1) is 7.11 Å². The van der Waals surface area contributed by atoms with Crippen LogP contribution in [0.25, 0.3) is 0 Å². The smallest absolute Gasteiger partial charge is 0.151 e. The first-order valence-electron chi connectivity index (χ1n) is 7.13.